The van der Waals surface area contributed by atoms with Gasteiger partial charge in [-0.2, -0.15) is 5.10 Å². The number of aromatic nitrogens is 3. The highest BCUT2D eigenvalue weighted by Crippen LogP contribution is 2.24. The Morgan fingerprint density at radius 1 is 1.32 bits per heavy atom. The third-order valence-corrected chi connectivity index (χ3v) is 3.42. The fourth-order valence-corrected chi connectivity index (χ4v) is 2.64. The van der Waals surface area contributed by atoms with E-state index in [1.54, 1.807) is 0 Å². The number of pyridine rings is 1. The summed E-state index contributed by atoms with van der Waals surface area (Å²) in [6.07, 6.45) is 0. The van der Waals surface area contributed by atoms with Crippen LogP contribution in [0.3, 0.4) is 0 Å². The van der Waals surface area contributed by atoms with E-state index in [9.17, 15) is 0 Å². The van der Waals surface area contributed by atoms with Crippen molar-refractivity contribution in [3.63, 3.8) is 0 Å². The molecule has 2 heterocycles. The summed E-state index contributed by atoms with van der Waals surface area (Å²) in [5.74, 6) is 1.52. The number of nitrogens with zero attached hydrogens (tertiary/aromatic N) is 4. The Kier molecular flexibility index (Phi) is 4.10. The maximum absolute atomic E-state index is 6.03. The van der Waals surface area contributed by atoms with Gasteiger partial charge in [-0.25, -0.2) is 0 Å². The summed E-state index contributed by atoms with van der Waals surface area (Å²) in [5, 5.41) is 4.43. The minimum absolute atomic E-state index is 0.473. The Balaban J connectivity index is 2.27. The molecular weight excluding hydrogens is 260 g/mol. The molecule has 0 amide bonds. The molecule has 0 atom stereocenters. The third kappa shape index (κ3) is 2.89. The Morgan fingerprint density at radius 3 is 2.68 bits per heavy atom. The third-order valence-electron chi connectivity index (χ3n) is 3.15. The van der Waals surface area contributed by atoms with Crippen LogP contribution in [-0.4, -0.2) is 21.8 Å². The number of aryl methyl sites for hydroxylation is 3. The zero-order chi connectivity index (χ0) is 14.0. The molecule has 102 valence electrons. The maximum Gasteiger partial charge on any atom is 0.131 e. The molecule has 0 aliphatic carbocycles. The van der Waals surface area contributed by atoms with Gasteiger partial charge in [0.15, 0.2) is 0 Å². The molecule has 2 rings (SSSR count). The van der Waals surface area contributed by atoms with Crippen molar-refractivity contribution in [3.8, 4) is 0 Å². The van der Waals surface area contributed by atoms with E-state index in [4.69, 9.17) is 11.6 Å². The van der Waals surface area contributed by atoms with Gasteiger partial charge in [-0.15, -0.1) is 11.6 Å². The largest absolute Gasteiger partial charge is 0.354 e. The summed E-state index contributed by atoms with van der Waals surface area (Å²) in [5.41, 5.74) is 4.14. The number of alkyl halides is 1. The molecule has 0 saturated heterocycles. The zero-order valence-corrected chi connectivity index (χ0v) is 12.6. The SMILES string of the molecule is Cc1cccc(CN(C)c2c(CCl)c(C)nn2C)n1. The second-order valence-corrected chi connectivity index (χ2v) is 5.04. The van der Waals surface area contributed by atoms with E-state index in [-0.39, 0.29) is 0 Å². The molecule has 0 N–H and O–H groups in total. The molecule has 2 aromatic heterocycles. The highest BCUT2D eigenvalue weighted by atomic mass is 35.5. The molecule has 0 radical (unpaired) electrons. The molecule has 0 aliphatic heterocycles. The lowest BCUT2D eigenvalue weighted by Gasteiger charge is -2.20. The minimum atomic E-state index is 0.473. The fraction of sp³-hybridized carbons (Fsp3) is 0.429. The van der Waals surface area contributed by atoms with E-state index in [1.807, 2.05) is 50.8 Å². The van der Waals surface area contributed by atoms with E-state index in [1.165, 1.54) is 0 Å². The van der Waals surface area contributed by atoms with Crippen molar-refractivity contribution in [1.82, 2.24) is 14.8 Å². The Labute approximate surface area is 119 Å². The van der Waals surface area contributed by atoms with Gasteiger partial charge in [-0.3, -0.25) is 9.67 Å². The highest BCUT2D eigenvalue weighted by Gasteiger charge is 2.16. The van der Waals surface area contributed by atoms with Gasteiger partial charge in [0.2, 0.25) is 0 Å². The summed E-state index contributed by atoms with van der Waals surface area (Å²) in [6.45, 7) is 4.73. The average Bonchev–Trinajstić information content (AvgIpc) is 2.63. The van der Waals surface area contributed by atoms with Crippen molar-refractivity contribution in [2.24, 2.45) is 7.05 Å². The average molecular weight is 279 g/mol. The molecule has 0 aromatic carbocycles. The molecule has 0 fully saturated rings. The highest BCUT2D eigenvalue weighted by molar-refractivity contribution is 6.17. The van der Waals surface area contributed by atoms with E-state index < -0.39 is 0 Å². The lowest BCUT2D eigenvalue weighted by molar-refractivity contribution is 0.721. The van der Waals surface area contributed by atoms with Gasteiger partial charge >= 0.3 is 0 Å². The van der Waals surface area contributed by atoms with Crippen molar-refractivity contribution >= 4 is 17.4 Å². The number of hydrogen-bond acceptors (Lipinski definition) is 3. The first kappa shape index (κ1) is 13.9. The van der Waals surface area contributed by atoms with Crippen LogP contribution in [-0.2, 0) is 19.5 Å². The van der Waals surface area contributed by atoms with Crippen LogP contribution in [0.15, 0.2) is 18.2 Å². The van der Waals surface area contributed by atoms with Crippen LogP contribution in [0.25, 0.3) is 0 Å². The molecule has 0 saturated carbocycles. The lowest BCUT2D eigenvalue weighted by Crippen LogP contribution is -2.21. The van der Waals surface area contributed by atoms with E-state index >= 15 is 0 Å². The second kappa shape index (κ2) is 5.61. The summed E-state index contributed by atoms with van der Waals surface area (Å²) in [7, 11) is 3.98. The van der Waals surface area contributed by atoms with Crippen molar-refractivity contribution in [3.05, 3.63) is 40.8 Å². The van der Waals surface area contributed by atoms with E-state index in [0.29, 0.717) is 5.88 Å². The summed E-state index contributed by atoms with van der Waals surface area (Å²) < 4.78 is 1.88. The molecule has 0 unspecified atom stereocenters. The molecule has 19 heavy (non-hydrogen) atoms. The molecule has 0 bridgehead atoms. The van der Waals surface area contributed by atoms with Crippen LogP contribution in [0, 0.1) is 13.8 Å². The number of hydrogen-bond donors (Lipinski definition) is 0. The van der Waals surface area contributed by atoms with Crippen molar-refractivity contribution in [2.45, 2.75) is 26.3 Å². The first-order valence-corrected chi connectivity index (χ1v) is 6.78. The minimum Gasteiger partial charge on any atom is -0.354 e. The van der Waals surface area contributed by atoms with Crippen molar-refractivity contribution < 1.29 is 0 Å². The zero-order valence-electron chi connectivity index (χ0n) is 11.8. The first-order valence-electron chi connectivity index (χ1n) is 6.25. The molecular formula is C14H19ClN4. The molecule has 2 aromatic rings. The smallest absolute Gasteiger partial charge is 0.131 e. The molecule has 0 spiro atoms. The Morgan fingerprint density at radius 2 is 2.05 bits per heavy atom. The maximum atomic E-state index is 6.03. The van der Waals surface area contributed by atoms with Gasteiger partial charge in [0.05, 0.1) is 23.8 Å². The number of anilines is 1. The van der Waals surface area contributed by atoms with Crippen LogP contribution < -0.4 is 4.90 Å². The van der Waals surface area contributed by atoms with Gasteiger partial charge < -0.3 is 4.90 Å². The normalized spacial score (nSPS) is 10.8. The van der Waals surface area contributed by atoms with Gasteiger partial charge in [0.25, 0.3) is 0 Å². The van der Waals surface area contributed by atoms with Gasteiger partial charge in [0, 0.05) is 25.4 Å². The van der Waals surface area contributed by atoms with Crippen molar-refractivity contribution in [1.29, 1.82) is 0 Å². The predicted octanol–water partition coefficient (Wildman–Crippen LogP) is 2.81. The van der Waals surface area contributed by atoms with Crippen LogP contribution >= 0.6 is 11.6 Å². The molecule has 0 aliphatic rings. The topological polar surface area (TPSA) is 34.0 Å². The Bertz CT molecular complexity index is 577. The molecule has 4 nitrogen and oxygen atoms in total. The van der Waals surface area contributed by atoms with Crippen LogP contribution in [0.2, 0.25) is 0 Å². The summed E-state index contributed by atoms with van der Waals surface area (Å²) in [4.78, 5) is 6.66. The fourth-order valence-electron chi connectivity index (χ4n) is 2.33. The summed E-state index contributed by atoms with van der Waals surface area (Å²) in [6, 6.07) is 6.07. The Hall–Kier alpha value is -1.55. The van der Waals surface area contributed by atoms with E-state index in [2.05, 4.69) is 15.0 Å². The number of rotatable bonds is 4. The van der Waals surface area contributed by atoms with Gasteiger partial charge in [-0.05, 0) is 26.0 Å². The standard InChI is InChI=1S/C14H19ClN4/c1-10-6-5-7-12(16-10)9-18(3)14-13(8-15)11(2)17-19(14)4/h5-7H,8-9H2,1-4H3. The predicted molar refractivity (Wildman–Crippen MR) is 78.6 cm³/mol. The van der Waals surface area contributed by atoms with Crippen LogP contribution in [0.1, 0.15) is 22.6 Å². The summed E-state index contributed by atoms with van der Waals surface area (Å²) >= 11 is 6.03. The van der Waals surface area contributed by atoms with Crippen molar-refractivity contribution in [2.75, 3.05) is 11.9 Å². The molecule has 5 heteroatoms. The van der Waals surface area contributed by atoms with Gasteiger partial charge in [0.1, 0.15) is 5.82 Å². The van der Waals surface area contributed by atoms with E-state index in [0.717, 1.165) is 35.0 Å². The number of halogens is 1. The van der Waals surface area contributed by atoms with Crippen LogP contribution in [0.5, 0.6) is 0 Å². The second-order valence-electron chi connectivity index (χ2n) is 4.77. The van der Waals surface area contributed by atoms with Crippen LogP contribution in [0.4, 0.5) is 5.82 Å². The monoisotopic (exact) mass is 278 g/mol. The quantitative estimate of drug-likeness (QED) is 0.807. The van der Waals surface area contributed by atoms with Gasteiger partial charge in [-0.1, -0.05) is 6.07 Å². The first-order chi connectivity index (χ1) is 9.02. The lowest BCUT2D eigenvalue weighted by atomic mass is 10.2.